The Bertz CT molecular complexity index is 531. The molecule has 0 spiro atoms. The monoisotopic (exact) mass is 317 g/mol. The number of aromatic nitrogens is 3. The topological polar surface area (TPSA) is 65.1 Å². The first kappa shape index (κ1) is 15.1. The molecule has 0 aromatic carbocycles. The highest BCUT2D eigenvalue weighted by atomic mass is 16.2. The number of piperidine rings is 1. The van der Waals surface area contributed by atoms with Gasteiger partial charge in [-0.1, -0.05) is 12.8 Å². The average molecular weight is 317 g/mol. The number of hydrogen-bond donors (Lipinski definition) is 1. The van der Waals surface area contributed by atoms with Crippen molar-refractivity contribution in [2.45, 2.75) is 62.8 Å². The molecule has 1 saturated carbocycles. The Hall–Kier alpha value is -1.43. The van der Waals surface area contributed by atoms with Crippen molar-refractivity contribution in [2.75, 3.05) is 26.2 Å². The van der Waals surface area contributed by atoms with Gasteiger partial charge in [0.05, 0.1) is 0 Å². The molecule has 3 heterocycles. The van der Waals surface area contributed by atoms with Gasteiger partial charge in [0.15, 0.2) is 0 Å². The summed E-state index contributed by atoms with van der Waals surface area (Å²) in [4.78, 5) is 22.4. The normalized spacial score (nSPS) is 28.3. The molecule has 6 heteroatoms. The SMILES string of the molecule is O=C(N1CCCC(c2ncn[nH]2)C1)C1(N2CCCC2)CCCC1. The highest BCUT2D eigenvalue weighted by Gasteiger charge is 2.49. The smallest absolute Gasteiger partial charge is 0.243 e. The minimum absolute atomic E-state index is 0.195. The average Bonchev–Trinajstić information content (AvgIpc) is 3.36. The van der Waals surface area contributed by atoms with Gasteiger partial charge < -0.3 is 4.90 Å². The molecule has 6 nitrogen and oxygen atoms in total. The number of carbonyl (C=O) groups excluding carboxylic acids is 1. The molecule has 1 aromatic rings. The zero-order chi connectivity index (χ0) is 15.7. The largest absolute Gasteiger partial charge is 0.340 e. The van der Waals surface area contributed by atoms with Crippen molar-refractivity contribution in [3.8, 4) is 0 Å². The van der Waals surface area contributed by atoms with Gasteiger partial charge in [0, 0.05) is 19.0 Å². The van der Waals surface area contributed by atoms with Crippen LogP contribution in [0.4, 0.5) is 0 Å². The molecule has 1 unspecified atom stereocenters. The maximum absolute atomic E-state index is 13.5. The lowest BCUT2D eigenvalue weighted by Gasteiger charge is -2.43. The molecule has 0 radical (unpaired) electrons. The van der Waals surface area contributed by atoms with Crippen molar-refractivity contribution in [3.63, 3.8) is 0 Å². The quantitative estimate of drug-likeness (QED) is 0.925. The van der Waals surface area contributed by atoms with E-state index in [1.165, 1.54) is 25.7 Å². The first-order valence-corrected chi connectivity index (χ1v) is 9.19. The zero-order valence-corrected chi connectivity index (χ0v) is 13.8. The van der Waals surface area contributed by atoms with Crippen LogP contribution >= 0.6 is 0 Å². The maximum atomic E-state index is 13.5. The molecule has 3 aliphatic rings. The minimum Gasteiger partial charge on any atom is -0.340 e. The van der Waals surface area contributed by atoms with E-state index in [-0.39, 0.29) is 5.54 Å². The number of rotatable bonds is 3. The molecule has 2 aliphatic heterocycles. The van der Waals surface area contributed by atoms with Gasteiger partial charge in [0.2, 0.25) is 5.91 Å². The van der Waals surface area contributed by atoms with Crippen LogP contribution in [0.15, 0.2) is 6.33 Å². The number of nitrogens with zero attached hydrogens (tertiary/aromatic N) is 4. The third kappa shape index (κ3) is 2.67. The number of aromatic amines is 1. The Kier molecular flexibility index (Phi) is 4.09. The Balaban J connectivity index is 1.52. The Labute approximate surface area is 137 Å². The molecular weight excluding hydrogens is 290 g/mol. The molecule has 1 atom stereocenters. The highest BCUT2D eigenvalue weighted by Crippen LogP contribution is 2.40. The summed E-state index contributed by atoms with van der Waals surface area (Å²) in [5, 5.41) is 6.96. The first-order valence-electron chi connectivity index (χ1n) is 9.19. The highest BCUT2D eigenvalue weighted by molar-refractivity contribution is 5.87. The van der Waals surface area contributed by atoms with E-state index < -0.39 is 0 Å². The lowest BCUT2D eigenvalue weighted by molar-refractivity contribution is -0.145. The molecule has 1 aliphatic carbocycles. The molecule has 2 saturated heterocycles. The summed E-state index contributed by atoms with van der Waals surface area (Å²) >= 11 is 0. The third-order valence-electron chi connectivity index (χ3n) is 6.07. The van der Waals surface area contributed by atoms with Crippen molar-refractivity contribution in [3.05, 3.63) is 12.2 Å². The van der Waals surface area contributed by atoms with Crippen molar-refractivity contribution in [1.29, 1.82) is 0 Å². The molecule has 126 valence electrons. The van der Waals surface area contributed by atoms with Gasteiger partial charge in [-0.15, -0.1) is 0 Å². The third-order valence-corrected chi connectivity index (χ3v) is 6.07. The van der Waals surface area contributed by atoms with E-state index in [0.29, 0.717) is 11.8 Å². The maximum Gasteiger partial charge on any atom is 0.243 e. The van der Waals surface area contributed by atoms with Gasteiger partial charge in [-0.2, -0.15) is 5.10 Å². The summed E-state index contributed by atoms with van der Waals surface area (Å²) in [6.07, 6.45) is 10.7. The number of H-pyrrole nitrogens is 1. The second kappa shape index (κ2) is 6.23. The summed E-state index contributed by atoms with van der Waals surface area (Å²) in [6, 6.07) is 0. The zero-order valence-electron chi connectivity index (χ0n) is 13.8. The Morgan fingerprint density at radius 3 is 2.61 bits per heavy atom. The van der Waals surface area contributed by atoms with Crippen LogP contribution in [0.1, 0.15) is 63.1 Å². The molecule has 1 aromatic heterocycles. The van der Waals surface area contributed by atoms with E-state index in [9.17, 15) is 4.79 Å². The number of carbonyl (C=O) groups is 1. The molecule has 0 bridgehead atoms. The number of likely N-dealkylation sites (tertiary alicyclic amines) is 2. The Morgan fingerprint density at radius 2 is 1.91 bits per heavy atom. The first-order chi connectivity index (χ1) is 11.3. The number of amides is 1. The van der Waals surface area contributed by atoms with Crippen LogP contribution in [0, 0.1) is 0 Å². The van der Waals surface area contributed by atoms with Crippen LogP contribution in [0.5, 0.6) is 0 Å². The fourth-order valence-electron chi connectivity index (χ4n) is 4.86. The van der Waals surface area contributed by atoms with Crippen molar-refractivity contribution in [2.24, 2.45) is 0 Å². The van der Waals surface area contributed by atoms with Crippen LogP contribution in [-0.2, 0) is 4.79 Å². The van der Waals surface area contributed by atoms with Crippen molar-refractivity contribution < 1.29 is 4.79 Å². The van der Waals surface area contributed by atoms with Crippen LogP contribution in [0.2, 0.25) is 0 Å². The predicted molar refractivity (Wildman–Crippen MR) is 86.9 cm³/mol. The van der Waals surface area contributed by atoms with E-state index in [4.69, 9.17) is 0 Å². The summed E-state index contributed by atoms with van der Waals surface area (Å²) in [5.41, 5.74) is -0.195. The molecule has 1 N–H and O–H groups in total. The van der Waals surface area contributed by atoms with Crippen LogP contribution < -0.4 is 0 Å². The van der Waals surface area contributed by atoms with Gasteiger partial charge in [0.25, 0.3) is 0 Å². The lowest BCUT2D eigenvalue weighted by atomic mass is 9.90. The van der Waals surface area contributed by atoms with Gasteiger partial charge in [0.1, 0.15) is 17.7 Å². The standard InChI is InChI=1S/C17H27N5O/c23-16(17(7-1-2-8-17)22-10-3-4-11-22)21-9-5-6-14(12-21)15-18-13-19-20-15/h13-14H,1-12H2,(H,18,19,20). The summed E-state index contributed by atoms with van der Waals surface area (Å²) in [7, 11) is 0. The number of nitrogens with one attached hydrogen (secondary N) is 1. The van der Waals surface area contributed by atoms with Gasteiger partial charge in [-0.25, -0.2) is 4.98 Å². The second-order valence-electron chi connectivity index (χ2n) is 7.39. The summed E-state index contributed by atoms with van der Waals surface area (Å²) < 4.78 is 0. The molecule has 23 heavy (non-hydrogen) atoms. The second-order valence-corrected chi connectivity index (χ2v) is 7.39. The molecular formula is C17H27N5O. The van der Waals surface area contributed by atoms with Crippen LogP contribution in [-0.4, -0.2) is 62.6 Å². The van der Waals surface area contributed by atoms with E-state index in [0.717, 1.165) is 57.7 Å². The molecule has 4 rings (SSSR count). The van der Waals surface area contributed by atoms with Gasteiger partial charge in [-0.3, -0.25) is 14.8 Å². The Morgan fingerprint density at radius 1 is 1.13 bits per heavy atom. The number of hydrogen-bond acceptors (Lipinski definition) is 4. The lowest BCUT2D eigenvalue weighted by Crippen LogP contribution is -2.58. The van der Waals surface area contributed by atoms with Crippen LogP contribution in [0.25, 0.3) is 0 Å². The van der Waals surface area contributed by atoms with E-state index in [1.54, 1.807) is 6.33 Å². The predicted octanol–water partition coefficient (Wildman–Crippen LogP) is 1.92. The van der Waals surface area contributed by atoms with Gasteiger partial charge in [-0.05, 0) is 51.6 Å². The molecule has 1 amide bonds. The van der Waals surface area contributed by atoms with E-state index in [2.05, 4.69) is 25.0 Å². The van der Waals surface area contributed by atoms with Gasteiger partial charge >= 0.3 is 0 Å². The fourth-order valence-corrected chi connectivity index (χ4v) is 4.86. The van der Waals surface area contributed by atoms with E-state index >= 15 is 0 Å². The van der Waals surface area contributed by atoms with Crippen molar-refractivity contribution >= 4 is 5.91 Å². The summed E-state index contributed by atoms with van der Waals surface area (Å²) in [6.45, 7) is 3.90. The summed E-state index contributed by atoms with van der Waals surface area (Å²) in [5.74, 6) is 1.64. The van der Waals surface area contributed by atoms with Crippen LogP contribution in [0.3, 0.4) is 0 Å². The van der Waals surface area contributed by atoms with E-state index in [1.807, 2.05) is 0 Å². The molecule has 3 fully saturated rings. The fraction of sp³-hybridized carbons (Fsp3) is 0.824. The minimum atomic E-state index is -0.195. The van der Waals surface area contributed by atoms with Crippen molar-refractivity contribution in [1.82, 2.24) is 25.0 Å².